The highest BCUT2D eigenvalue weighted by atomic mass is 79.9. The molecule has 3 aliphatic rings. The van der Waals surface area contributed by atoms with Crippen molar-refractivity contribution in [1.82, 2.24) is 0 Å². The van der Waals surface area contributed by atoms with E-state index in [1.807, 2.05) is 98.9 Å². The van der Waals surface area contributed by atoms with E-state index in [0.29, 0.717) is 34.9 Å². The molecule has 46 heavy (non-hydrogen) atoms. The summed E-state index contributed by atoms with van der Waals surface area (Å²) in [6, 6.07) is 28.1. The minimum absolute atomic E-state index is 0.0915. The zero-order valence-corrected chi connectivity index (χ0v) is 28.4. The lowest BCUT2D eigenvalue weighted by atomic mass is 9.82. The summed E-state index contributed by atoms with van der Waals surface area (Å²) in [5, 5.41) is 9.85. The molecule has 7 rings (SSSR count). The van der Waals surface area contributed by atoms with E-state index >= 15 is 0 Å². The van der Waals surface area contributed by atoms with Gasteiger partial charge in [0.1, 0.15) is 5.75 Å². The topological polar surface area (TPSA) is 99.5 Å². The quantitative estimate of drug-likeness (QED) is 0.206. The van der Waals surface area contributed by atoms with Crippen LogP contribution in [0.4, 0.5) is 17.1 Å². The maximum absolute atomic E-state index is 14.6. The van der Waals surface area contributed by atoms with Gasteiger partial charge in [0.15, 0.2) is 19.7 Å². The Morgan fingerprint density at radius 3 is 2.33 bits per heavy atom. The van der Waals surface area contributed by atoms with Gasteiger partial charge in [-0.25, -0.2) is 0 Å². The van der Waals surface area contributed by atoms with Crippen LogP contribution in [0.25, 0.3) is 0 Å². The Labute approximate surface area is 277 Å². The lowest BCUT2D eigenvalue weighted by molar-refractivity contribution is -0.146. The van der Waals surface area contributed by atoms with Gasteiger partial charge in [0.05, 0.1) is 29.6 Å². The Balaban J connectivity index is 1.23. The summed E-state index contributed by atoms with van der Waals surface area (Å²) < 4.78 is 13.7. The monoisotopic (exact) mass is 698 g/mol. The first-order chi connectivity index (χ1) is 22.0. The van der Waals surface area contributed by atoms with Crippen LogP contribution >= 0.6 is 15.9 Å². The number of aliphatic hydroxyl groups is 1. The summed E-state index contributed by atoms with van der Waals surface area (Å²) in [4.78, 5) is 43.2. The van der Waals surface area contributed by atoms with Gasteiger partial charge in [0.25, 0.3) is 11.8 Å². The van der Waals surface area contributed by atoms with E-state index in [-0.39, 0.29) is 36.4 Å². The van der Waals surface area contributed by atoms with Gasteiger partial charge in [-0.05, 0) is 79.7 Å². The molecule has 2 amide bonds. The first kappa shape index (κ1) is 30.8. The minimum Gasteiger partial charge on any atom is -0.454 e. The van der Waals surface area contributed by atoms with Gasteiger partial charge in [-0.2, -0.15) is 0 Å². The molecule has 0 unspecified atom stereocenters. The van der Waals surface area contributed by atoms with Gasteiger partial charge < -0.3 is 24.3 Å². The number of aliphatic hydroxyl groups excluding tert-OH is 1. The summed E-state index contributed by atoms with van der Waals surface area (Å²) in [7, 11) is -2.78. The zero-order chi connectivity index (χ0) is 32.4. The van der Waals surface area contributed by atoms with Crippen LogP contribution in [0.15, 0.2) is 95.5 Å². The average Bonchev–Trinajstić information content (AvgIpc) is 3.40. The van der Waals surface area contributed by atoms with Crippen molar-refractivity contribution in [2.45, 2.75) is 50.2 Å². The summed E-state index contributed by atoms with van der Waals surface area (Å²) in [5.74, 6) is 0.413. The van der Waals surface area contributed by atoms with Crippen LogP contribution in [0.3, 0.4) is 0 Å². The predicted molar refractivity (Wildman–Crippen MR) is 182 cm³/mol. The first-order valence-electron chi connectivity index (χ1n) is 15.5. The van der Waals surface area contributed by atoms with E-state index in [1.54, 1.807) is 21.9 Å². The second kappa shape index (κ2) is 11.5. The maximum Gasteiger partial charge on any atom is 0.266 e. The summed E-state index contributed by atoms with van der Waals surface area (Å²) in [6.07, 6.45) is -0.0931. The standard InChI is InChI=1S/C36H35BrN2O6Si/c1-22-33(46(2,3)43)32(18-19-40)45-36(22)27-20-24(37)14-17-28(27)38(35(36)42)21-23-12-15-25(16-13-23)39-29-9-5-7-11-31(29)44-30-10-6-4-8-26(30)34(39)41/h4-17,20,22,32-33,40,43H,18-19,21H2,1-3H3/t22-,32+,33-,36+/m0/s1. The van der Waals surface area contributed by atoms with Crippen molar-refractivity contribution >= 4 is 53.1 Å². The van der Waals surface area contributed by atoms with E-state index in [0.717, 1.165) is 21.3 Å². The molecule has 10 heteroatoms. The number of carbonyl (C=O) groups is 2. The van der Waals surface area contributed by atoms with Crippen molar-refractivity contribution in [3.63, 3.8) is 0 Å². The van der Waals surface area contributed by atoms with E-state index in [9.17, 15) is 19.5 Å². The molecule has 4 aromatic carbocycles. The first-order valence-corrected chi connectivity index (χ1v) is 19.3. The van der Waals surface area contributed by atoms with Gasteiger partial charge in [-0.3, -0.25) is 14.5 Å². The fourth-order valence-corrected chi connectivity index (χ4v) is 10.6. The Hall–Kier alpha value is -3.80. The highest BCUT2D eigenvalue weighted by Gasteiger charge is 2.66. The number of para-hydroxylation sites is 3. The van der Waals surface area contributed by atoms with E-state index in [1.165, 1.54) is 0 Å². The van der Waals surface area contributed by atoms with Gasteiger partial charge in [0, 0.05) is 33.8 Å². The van der Waals surface area contributed by atoms with Crippen molar-refractivity contribution in [1.29, 1.82) is 0 Å². The minimum atomic E-state index is -2.78. The molecular formula is C36H35BrN2O6Si. The lowest BCUT2D eigenvalue weighted by Crippen LogP contribution is -2.46. The summed E-state index contributed by atoms with van der Waals surface area (Å²) in [6.45, 7) is 5.94. The van der Waals surface area contributed by atoms with E-state index < -0.39 is 20.0 Å². The molecule has 0 aromatic heterocycles. The highest BCUT2D eigenvalue weighted by molar-refractivity contribution is 9.10. The molecule has 1 saturated heterocycles. The fourth-order valence-electron chi connectivity index (χ4n) is 7.60. The van der Waals surface area contributed by atoms with Crippen LogP contribution in [0, 0.1) is 5.92 Å². The molecule has 0 bridgehead atoms. The van der Waals surface area contributed by atoms with Gasteiger partial charge in [-0.1, -0.05) is 59.3 Å². The van der Waals surface area contributed by atoms with Crippen LogP contribution in [-0.2, 0) is 21.7 Å². The predicted octanol–water partition coefficient (Wildman–Crippen LogP) is 7.26. The van der Waals surface area contributed by atoms with Gasteiger partial charge in [0.2, 0.25) is 0 Å². The number of anilines is 3. The fraction of sp³-hybridized carbons (Fsp3) is 0.278. The molecule has 0 radical (unpaired) electrons. The molecular weight excluding hydrogens is 664 g/mol. The second-order valence-electron chi connectivity index (χ2n) is 12.8. The van der Waals surface area contributed by atoms with Crippen molar-refractivity contribution in [3.05, 3.63) is 112 Å². The summed E-state index contributed by atoms with van der Waals surface area (Å²) >= 11 is 3.59. The van der Waals surface area contributed by atoms with Crippen LogP contribution in [-0.4, -0.2) is 42.7 Å². The normalized spacial score (nSPS) is 23.7. The Morgan fingerprint density at radius 1 is 0.913 bits per heavy atom. The van der Waals surface area contributed by atoms with E-state index in [2.05, 4.69) is 15.9 Å². The average molecular weight is 700 g/mol. The number of rotatable bonds is 6. The van der Waals surface area contributed by atoms with Gasteiger partial charge >= 0.3 is 0 Å². The zero-order valence-electron chi connectivity index (χ0n) is 25.8. The molecule has 0 saturated carbocycles. The van der Waals surface area contributed by atoms with Gasteiger partial charge in [-0.15, -0.1) is 0 Å². The van der Waals surface area contributed by atoms with E-state index in [4.69, 9.17) is 9.47 Å². The third-order valence-electron chi connectivity index (χ3n) is 9.54. The second-order valence-corrected chi connectivity index (χ2v) is 17.7. The SMILES string of the molecule is C[C@H]1[C@H]([Si](C)(C)O)[C@@H](CCO)O[C@]12C(=O)N(Cc1ccc(N3C(=O)c4ccccc4Oc4ccccc43)cc1)c1ccc(Br)cc12. The van der Waals surface area contributed by atoms with Crippen LogP contribution in [0.2, 0.25) is 18.6 Å². The molecule has 0 aliphatic carbocycles. The molecule has 1 fully saturated rings. The third-order valence-corrected chi connectivity index (χ3v) is 12.5. The molecule has 236 valence electrons. The number of amides is 2. The van der Waals surface area contributed by atoms with Crippen molar-refractivity contribution in [2.75, 3.05) is 16.4 Å². The molecule has 2 N–H and O–H groups in total. The third kappa shape index (κ3) is 4.82. The largest absolute Gasteiger partial charge is 0.454 e. The molecule has 8 nitrogen and oxygen atoms in total. The van der Waals surface area contributed by atoms with Crippen molar-refractivity contribution < 1.29 is 29.0 Å². The molecule has 4 aromatic rings. The lowest BCUT2D eigenvalue weighted by Gasteiger charge is -2.32. The van der Waals surface area contributed by atoms with Crippen LogP contribution in [0.5, 0.6) is 11.5 Å². The maximum atomic E-state index is 14.6. The number of fused-ring (bicyclic) bond motifs is 4. The summed E-state index contributed by atoms with van der Waals surface area (Å²) in [5.41, 5.74) is 2.68. The number of ether oxygens (including phenoxy) is 2. The smallest absolute Gasteiger partial charge is 0.266 e. The molecule has 4 atom stereocenters. The highest BCUT2D eigenvalue weighted by Crippen LogP contribution is 2.60. The van der Waals surface area contributed by atoms with Crippen molar-refractivity contribution in [3.8, 4) is 11.5 Å². The molecule has 3 aliphatic heterocycles. The number of hydrogen-bond acceptors (Lipinski definition) is 6. The Morgan fingerprint density at radius 2 is 1.61 bits per heavy atom. The Kier molecular flexibility index (Phi) is 7.68. The Bertz CT molecular complexity index is 1840. The number of benzene rings is 4. The number of carbonyl (C=O) groups excluding carboxylic acids is 2. The molecule has 3 heterocycles. The number of halogens is 1. The number of hydrogen-bond donors (Lipinski definition) is 2. The number of nitrogens with zero attached hydrogens (tertiary/aromatic N) is 2. The molecule has 1 spiro atoms. The van der Waals surface area contributed by atoms with Crippen molar-refractivity contribution in [2.24, 2.45) is 5.92 Å². The van der Waals surface area contributed by atoms with Crippen LogP contribution in [0.1, 0.15) is 34.8 Å². The van der Waals surface area contributed by atoms with Crippen LogP contribution < -0.4 is 14.5 Å².